The van der Waals surface area contributed by atoms with Crippen LogP contribution in [0.5, 0.6) is 0 Å². The normalized spacial score (nSPS) is 20.4. The molecule has 0 amide bonds. The maximum Gasteiger partial charge on any atom is 0.251 e. The van der Waals surface area contributed by atoms with Crippen molar-refractivity contribution in [3.8, 4) is 0 Å². The Balaban J connectivity index is 2.19. The van der Waals surface area contributed by atoms with E-state index in [1.807, 2.05) is 16.8 Å². The van der Waals surface area contributed by atoms with Gasteiger partial charge < -0.3 is 4.57 Å². The molecule has 20 heavy (non-hydrogen) atoms. The van der Waals surface area contributed by atoms with Crippen LogP contribution in [-0.4, -0.2) is 4.57 Å². The molecule has 1 heterocycles. The van der Waals surface area contributed by atoms with Crippen molar-refractivity contribution in [3.05, 3.63) is 68.5 Å². The first-order valence-electron chi connectivity index (χ1n) is 6.92. The first-order valence-corrected chi connectivity index (χ1v) is 7.71. The van der Waals surface area contributed by atoms with Crippen LogP contribution in [0.25, 0.3) is 0 Å². The zero-order chi connectivity index (χ0) is 14.3. The van der Waals surface area contributed by atoms with Crippen LogP contribution in [0, 0.1) is 5.41 Å². The van der Waals surface area contributed by atoms with E-state index < -0.39 is 0 Å². The third-order valence-corrected chi connectivity index (χ3v) is 4.56. The molecule has 2 aromatic rings. The van der Waals surface area contributed by atoms with Crippen LogP contribution in [0.4, 0.5) is 0 Å². The number of hydrogen-bond donors (Lipinski definition) is 0. The molecule has 0 N–H and O–H groups in total. The van der Waals surface area contributed by atoms with Gasteiger partial charge in [-0.05, 0) is 47.6 Å². The highest BCUT2D eigenvalue weighted by molar-refractivity contribution is 9.10. The average Bonchev–Trinajstić information content (AvgIpc) is 2.38. The SMILES string of the molecule is CC1(C)Cc2ccc(Br)cc2C(n2ccccc2=O)C1. The summed E-state index contributed by atoms with van der Waals surface area (Å²) in [7, 11) is 0. The Morgan fingerprint density at radius 3 is 2.80 bits per heavy atom. The quantitative estimate of drug-likeness (QED) is 0.768. The molecule has 1 aromatic heterocycles. The number of rotatable bonds is 1. The molecule has 2 nitrogen and oxygen atoms in total. The Morgan fingerprint density at radius 2 is 2.05 bits per heavy atom. The Labute approximate surface area is 127 Å². The largest absolute Gasteiger partial charge is 0.308 e. The number of benzene rings is 1. The van der Waals surface area contributed by atoms with E-state index in [2.05, 4.69) is 48.0 Å². The molecule has 0 radical (unpaired) electrons. The van der Waals surface area contributed by atoms with Gasteiger partial charge in [0.25, 0.3) is 5.56 Å². The van der Waals surface area contributed by atoms with Crippen LogP contribution in [0.3, 0.4) is 0 Å². The Kier molecular flexibility index (Phi) is 3.33. The summed E-state index contributed by atoms with van der Waals surface area (Å²) >= 11 is 3.55. The minimum atomic E-state index is 0.0705. The van der Waals surface area contributed by atoms with Gasteiger partial charge in [-0.25, -0.2) is 0 Å². The zero-order valence-electron chi connectivity index (χ0n) is 11.8. The molecule has 0 spiro atoms. The molecule has 1 aliphatic carbocycles. The number of hydrogen-bond acceptors (Lipinski definition) is 1. The first-order chi connectivity index (χ1) is 9.46. The number of fused-ring (bicyclic) bond motifs is 1. The lowest BCUT2D eigenvalue weighted by atomic mass is 9.72. The predicted octanol–water partition coefficient (Wildman–Crippen LogP) is 4.17. The number of pyridine rings is 1. The second-order valence-corrected chi connectivity index (χ2v) is 7.27. The maximum absolute atomic E-state index is 12.2. The topological polar surface area (TPSA) is 22.0 Å². The van der Waals surface area contributed by atoms with Crippen molar-refractivity contribution in [1.29, 1.82) is 0 Å². The van der Waals surface area contributed by atoms with Crippen molar-refractivity contribution >= 4 is 15.9 Å². The molecular weight excluding hydrogens is 314 g/mol. The molecule has 1 aromatic carbocycles. The van der Waals surface area contributed by atoms with Gasteiger partial charge in [0.05, 0.1) is 6.04 Å². The van der Waals surface area contributed by atoms with Gasteiger partial charge in [0.2, 0.25) is 0 Å². The number of aromatic nitrogens is 1. The third kappa shape index (κ3) is 2.47. The summed E-state index contributed by atoms with van der Waals surface area (Å²) in [6.07, 6.45) is 3.95. The summed E-state index contributed by atoms with van der Waals surface area (Å²) in [5, 5.41) is 0. The van der Waals surface area contributed by atoms with Crippen molar-refractivity contribution < 1.29 is 0 Å². The maximum atomic E-state index is 12.2. The molecule has 0 saturated carbocycles. The van der Waals surface area contributed by atoms with Crippen LogP contribution >= 0.6 is 15.9 Å². The zero-order valence-corrected chi connectivity index (χ0v) is 13.4. The Morgan fingerprint density at radius 1 is 1.25 bits per heavy atom. The Hall–Kier alpha value is -1.35. The highest BCUT2D eigenvalue weighted by Crippen LogP contribution is 2.42. The van der Waals surface area contributed by atoms with Gasteiger partial charge in [-0.15, -0.1) is 0 Å². The number of halogens is 1. The van der Waals surface area contributed by atoms with E-state index >= 15 is 0 Å². The van der Waals surface area contributed by atoms with Crippen molar-refractivity contribution in [3.63, 3.8) is 0 Å². The van der Waals surface area contributed by atoms with Crippen LogP contribution in [0.2, 0.25) is 0 Å². The van der Waals surface area contributed by atoms with Crippen molar-refractivity contribution in [1.82, 2.24) is 4.57 Å². The molecule has 3 heteroatoms. The fourth-order valence-electron chi connectivity index (χ4n) is 3.20. The van der Waals surface area contributed by atoms with Gasteiger partial charge in [0.1, 0.15) is 0 Å². The molecule has 0 fully saturated rings. The van der Waals surface area contributed by atoms with E-state index in [0.29, 0.717) is 0 Å². The fraction of sp³-hybridized carbons (Fsp3) is 0.353. The van der Waals surface area contributed by atoms with E-state index in [9.17, 15) is 4.79 Å². The van der Waals surface area contributed by atoms with Gasteiger partial charge in [0.15, 0.2) is 0 Å². The van der Waals surface area contributed by atoms with E-state index in [0.717, 1.165) is 17.3 Å². The second-order valence-electron chi connectivity index (χ2n) is 6.35. The molecule has 1 atom stereocenters. The standard InChI is InChI=1S/C17H18BrNO/c1-17(2)10-12-6-7-13(18)9-14(12)15(11-17)19-8-4-3-5-16(19)20/h3-9,15H,10-11H2,1-2H3. The molecule has 104 valence electrons. The summed E-state index contributed by atoms with van der Waals surface area (Å²) in [5.74, 6) is 0. The third-order valence-electron chi connectivity index (χ3n) is 4.07. The smallest absolute Gasteiger partial charge is 0.251 e. The van der Waals surface area contributed by atoms with Crippen molar-refractivity contribution in [2.24, 2.45) is 5.41 Å². The van der Waals surface area contributed by atoms with E-state index in [1.54, 1.807) is 12.1 Å². The highest BCUT2D eigenvalue weighted by atomic mass is 79.9. The van der Waals surface area contributed by atoms with Gasteiger partial charge in [-0.2, -0.15) is 0 Å². The molecule has 1 aliphatic rings. The van der Waals surface area contributed by atoms with E-state index in [4.69, 9.17) is 0 Å². The minimum absolute atomic E-state index is 0.0705. The summed E-state index contributed by atoms with van der Waals surface area (Å²) in [6.45, 7) is 4.55. The molecular formula is C17H18BrNO. The van der Waals surface area contributed by atoms with Crippen molar-refractivity contribution in [2.75, 3.05) is 0 Å². The number of nitrogens with zero attached hydrogens (tertiary/aromatic N) is 1. The lowest BCUT2D eigenvalue weighted by Gasteiger charge is -2.38. The summed E-state index contributed by atoms with van der Waals surface area (Å²) < 4.78 is 2.94. The van der Waals surface area contributed by atoms with Gasteiger partial charge >= 0.3 is 0 Å². The van der Waals surface area contributed by atoms with Crippen LogP contribution < -0.4 is 5.56 Å². The van der Waals surface area contributed by atoms with E-state index in [-0.39, 0.29) is 17.0 Å². The lowest BCUT2D eigenvalue weighted by Crippen LogP contribution is -2.33. The van der Waals surface area contributed by atoms with Crippen LogP contribution in [0.1, 0.15) is 37.4 Å². The van der Waals surface area contributed by atoms with Gasteiger partial charge in [-0.1, -0.05) is 41.9 Å². The van der Waals surface area contributed by atoms with Gasteiger partial charge in [-0.3, -0.25) is 4.79 Å². The summed E-state index contributed by atoms with van der Waals surface area (Å²) in [4.78, 5) is 12.2. The van der Waals surface area contributed by atoms with E-state index in [1.165, 1.54) is 11.1 Å². The second kappa shape index (κ2) is 4.88. The minimum Gasteiger partial charge on any atom is -0.308 e. The first kappa shape index (κ1) is 13.6. The highest BCUT2D eigenvalue weighted by Gasteiger charge is 2.33. The fourth-order valence-corrected chi connectivity index (χ4v) is 3.58. The molecule has 3 rings (SSSR count). The Bertz CT molecular complexity index is 702. The molecule has 0 bridgehead atoms. The molecule has 0 saturated heterocycles. The van der Waals surface area contributed by atoms with Crippen LogP contribution in [-0.2, 0) is 6.42 Å². The molecule has 1 unspecified atom stereocenters. The monoisotopic (exact) mass is 331 g/mol. The van der Waals surface area contributed by atoms with Crippen molar-refractivity contribution in [2.45, 2.75) is 32.7 Å². The lowest BCUT2D eigenvalue weighted by molar-refractivity contribution is 0.260. The molecule has 0 aliphatic heterocycles. The summed E-state index contributed by atoms with van der Waals surface area (Å²) in [6, 6.07) is 11.9. The van der Waals surface area contributed by atoms with Gasteiger partial charge in [0, 0.05) is 16.7 Å². The predicted molar refractivity (Wildman–Crippen MR) is 85.1 cm³/mol. The summed E-state index contributed by atoms with van der Waals surface area (Å²) in [5.41, 5.74) is 2.90. The average molecular weight is 332 g/mol. The van der Waals surface area contributed by atoms with Crippen LogP contribution in [0.15, 0.2) is 51.9 Å².